The second kappa shape index (κ2) is 8.18. The molecule has 0 aromatic heterocycles. The molecule has 1 aromatic rings. The summed E-state index contributed by atoms with van der Waals surface area (Å²) in [6.07, 6.45) is -4.45. The Bertz CT molecular complexity index is 598. The van der Waals surface area contributed by atoms with Gasteiger partial charge in [0, 0.05) is 0 Å². The second-order valence-electron chi connectivity index (χ2n) is 8.25. The minimum absolute atomic E-state index is 0.0587. The van der Waals surface area contributed by atoms with Crippen molar-refractivity contribution in [3.63, 3.8) is 0 Å². The first kappa shape index (κ1) is 21.1. The summed E-state index contributed by atoms with van der Waals surface area (Å²) >= 11 is 0. The summed E-state index contributed by atoms with van der Waals surface area (Å²) < 4.78 is 17.3. The van der Waals surface area contributed by atoms with E-state index >= 15 is 0 Å². The fourth-order valence-corrected chi connectivity index (χ4v) is 3.82. The summed E-state index contributed by atoms with van der Waals surface area (Å²) in [5.41, 5.74) is 1.02. The molecule has 1 aliphatic heterocycles. The van der Waals surface area contributed by atoms with Crippen LogP contribution in [0, 0.1) is 0 Å². The van der Waals surface area contributed by atoms with Crippen LogP contribution in [-0.2, 0) is 25.3 Å². The molecule has 2 N–H and O–H groups in total. The fraction of sp³-hybridized carbons (Fsp3) is 0.632. The highest BCUT2D eigenvalue weighted by Gasteiger charge is 2.50. The Labute approximate surface area is 156 Å². The molecule has 7 heteroatoms. The molecule has 26 heavy (non-hydrogen) atoms. The third kappa shape index (κ3) is 4.92. The summed E-state index contributed by atoms with van der Waals surface area (Å²) in [6.45, 7) is 11.0. The van der Waals surface area contributed by atoms with E-state index in [1.165, 1.54) is 0 Å². The van der Waals surface area contributed by atoms with Crippen LogP contribution in [0.4, 0.5) is 0 Å². The number of benzene rings is 1. The highest BCUT2D eigenvalue weighted by Crippen LogP contribution is 2.38. The molecule has 0 unspecified atom stereocenters. The number of rotatable bonds is 7. The lowest BCUT2D eigenvalue weighted by atomic mass is 10.1. The Kier molecular flexibility index (Phi) is 6.63. The van der Waals surface area contributed by atoms with Gasteiger partial charge < -0.3 is 24.1 Å². The van der Waals surface area contributed by atoms with Gasteiger partial charge in [0.25, 0.3) is 0 Å². The van der Waals surface area contributed by atoms with E-state index in [2.05, 4.69) is 33.9 Å². The highest BCUT2D eigenvalue weighted by molar-refractivity contribution is 6.74. The van der Waals surface area contributed by atoms with Gasteiger partial charge in [-0.15, -0.1) is 0 Å². The van der Waals surface area contributed by atoms with Gasteiger partial charge in [-0.1, -0.05) is 51.1 Å². The molecule has 146 valence electrons. The molecule has 4 atom stereocenters. The maximum Gasteiger partial charge on any atom is 0.338 e. The van der Waals surface area contributed by atoms with Crippen LogP contribution < -0.4 is 0 Å². The van der Waals surface area contributed by atoms with Crippen LogP contribution in [0.1, 0.15) is 26.3 Å². The first-order valence-electron chi connectivity index (χ1n) is 8.89. The van der Waals surface area contributed by atoms with Crippen LogP contribution in [0.2, 0.25) is 18.1 Å². The van der Waals surface area contributed by atoms with Gasteiger partial charge in [-0.05, 0) is 23.7 Å². The predicted molar refractivity (Wildman–Crippen MR) is 100 cm³/mol. The van der Waals surface area contributed by atoms with Gasteiger partial charge in [0.05, 0.1) is 13.2 Å². The van der Waals surface area contributed by atoms with Crippen molar-refractivity contribution in [3.05, 3.63) is 35.9 Å². The maximum absolute atomic E-state index is 11.6. The van der Waals surface area contributed by atoms with Crippen LogP contribution in [-0.4, -0.2) is 55.5 Å². The number of aliphatic hydroxyl groups excluding tert-OH is 2. The van der Waals surface area contributed by atoms with Crippen molar-refractivity contribution >= 4 is 14.3 Å². The van der Waals surface area contributed by atoms with Crippen LogP contribution >= 0.6 is 0 Å². The maximum atomic E-state index is 11.6. The summed E-state index contributed by atoms with van der Waals surface area (Å²) in [5, 5.41) is 19.9. The molecule has 0 aliphatic carbocycles. The monoisotopic (exact) mass is 382 g/mol. The number of hydrogen-bond acceptors (Lipinski definition) is 6. The van der Waals surface area contributed by atoms with Gasteiger partial charge in [-0.3, -0.25) is 0 Å². The number of aliphatic hydroxyl groups is 2. The molecule has 0 spiro atoms. The van der Waals surface area contributed by atoms with Crippen molar-refractivity contribution in [1.82, 2.24) is 0 Å². The van der Waals surface area contributed by atoms with Crippen LogP contribution in [0.5, 0.6) is 0 Å². The number of ether oxygens (including phenoxy) is 2. The smallest absolute Gasteiger partial charge is 0.338 e. The van der Waals surface area contributed by atoms with E-state index in [-0.39, 0.29) is 11.6 Å². The molecule has 0 bridgehead atoms. The molecule has 1 fully saturated rings. The van der Waals surface area contributed by atoms with Crippen molar-refractivity contribution in [2.75, 3.05) is 6.61 Å². The van der Waals surface area contributed by atoms with Crippen molar-refractivity contribution in [1.29, 1.82) is 0 Å². The summed E-state index contributed by atoms with van der Waals surface area (Å²) in [4.78, 5) is 11.6. The predicted octanol–water partition coefficient (Wildman–Crippen LogP) is 2.24. The van der Waals surface area contributed by atoms with Crippen LogP contribution in [0.3, 0.4) is 0 Å². The molecule has 1 aromatic carbocycles. The zero-order valence-corrected chi connectivity index (χ0v) is 17.1. The van der Waals surface area contributed by atoms with E-state index in [1.54, 1.807) is 0 Å². The number of hydrogen-bond donors (Lipinski definition) is 2. The quantitative estimate of drug-likeness (QED) is 0.556. The number of esters is 1. The average Bonchev–Trinajstić information content (AvgIpc) is 2.81. The second-order valence-corrected chi connectivity index (χ2v) is 13.0. The molecule has 1 saturated heterocycles. The molecule has 0 radical (unpaired) electrons. The minimum atomic E-state index is -2.20. The molecule has 1 aliphatic rings. The first-order valence-corrected chi connectivity index (χ1v) is 11.8. The van der Waals surface area contributed by atoms with Gasteiger partial charge >= 0.3 is 5.97 Å². The van der Waals surface area contributed by atoms with Crippen molar-refractivity contribution in [2.45, 2.75) is 69.9 Å². The summed E-state index contributed by atoms with van der Waals surface area (Å²) in [7, 11) is -2.20. The molecule has 1 heterocycles. The number of carbonyl (C=O) groups excluding carboxylic acids is 1. The van der Waals surface area contributed by atoms with Gasteiger partial charge in [0.1, 0.15) is 12.2 Å². The van der Waals surface area contributed by atoms with E-state index < -0.39 is 38.7 Å². The Balaban J connectivity index is 2.09. The topological polar surface area (TPSA) is 85.2 Å². The first-order chi connectivity index (χ1) is 12.0. The zero-order valence-electron chi connectivity index (χ0n) is 16.1. The number of cyclic esters (lactones) is 1. The highest BCUT2D eigenvalue weighted by atomic mass is 28.4. The Morgan fingerprint density at radius 2 is 1.81 bits per heavy atom. The Morgan fingerprint density at radius 3 is 2.31 bits per heavy atom. The lowest BCUT2D eigenvalue weighted by Gasteiger charge is -2.40. The average molecular weight is 383 g/mol. The van der Waals surface area contributed by atoms with E-state index in [1.807, 2.05) is 30.3 Å². The standard InChI is InChI=1S/C19H30O6Si/c1-19(2,3)26(4,5)25-14(17-15(20)16(21)18(22)24-17)12-23-11-13-9-7-6-8-10-13/h6-10,14-17,20-21H,11-12H2,1-5H3/t14-,15-,16+,17+/m0/s1. The zero-order chi connectivity index (χ0) is 19.5. The summed E-state index contributed by atoms with van der Waals surface area (Å²) in [6, 6.07) is 9.71. The summed E-state index contributed by atoms with van der Waals surface area (Å²) in [5.74, 6) is -0.825. The third-order valence-corrected chi connectivity index (χ3v) is 9.67. The molecular formula is C19H30O6Si. The van der Waals surface area contributed by atoms with Gasteiger partial charge in [-0.2, -0.15) is 0 Å². The lowest BCUT2D eigenvalue weighted by Crippen LogP contribution is -2.51. The lowest BCUT2D eigenvalue weighted by molar-refractivity contribution is -0.151. The van der Waals surface area contributed by atoms with Crippen LogP contribution in [0.15, 0.2) is 30.3 Å². The van der Waals surface area contributed by atoms with Crippen LogP contribution in [0.25, 0.3) is 0 Å². The molecule has 6 nitrogen and oxygen atoms in total. The Hall–Kier alpha value is -1.25. The molecule has 0 amide bonds. The molecular weight excluding hydrogens is 352 g/mol. The normalized spacial score (nSPS) is 25.2. The van der Waals surface area contributed by atoms with E-state index in [4.69, 9.17) is 13.9 Å². The van der Waals surface area contributed by atoms with E-state index in [0.29, 0.717) is 6.61 Å². The minimum Gasteiger partial charge on any atom is -0.455 e. The largest absolute Gasteiger partial charge is 0.455 e. The fourth-order valence-electron chi connectivity index (χ4n) is 2.51. The van der Waals surface area contributed by atoms with E-state index in [9.17, 15) is 15.0 Å². The molecule has 0 saturated carbocycles. The Morgan fingerprint density at radius 1 is 1.19 bits per heavy atom. The SMILES string of the molecule is CC(C)(C)[Si](C)(C)O[C@@H](COCc1ccccc1)[C@H]1OC(=O)[C@H](O)[C@@H]1O. The van der Waals surface area contributed by atoms with Gasteiger partial charge in [0.2, 0.25) is 0 Å². The van der Waals surface area contributed by atoms with Crippen molar-refractivity contribution in [3.8, 4) is 0 Å². The van der Waals surface area contributed by atoms with Crippen molar-refractivity contribution < 1.29 is 28.9 Å². The molecule has 2 rings (SSSR count). The van der Waals surface area contributed by atoms with Gasteiger partial charge in [0.15, 0.2) is 20.5 Å². The van der Waals surface area contributed by atoms with Gasteiger partial charge in [-0.25, -0.2) is 4.79 Å². The number of carbonyl (C=O) groups is 1. The van der Waals surface area contributed by atoms with E-state index in [0.717, 1.165) is 5.56 Å². The van der Waals surface area contributed by atoms with Crippen molar-refractivity contribution in [2.24, 2.45) is 0 Å². The third-order valence-electron chi connectivity index (χ3n) is 5.17.